The van der Waals surface area contributed by atoms with Crippen molar-refractivity contribution >= 4 is 22.2 Å². The third-order valence-electron chi connectivity index (χ3n) is 4.98. The molecule has 2 aliphatic rings. The van der Waals surface area contributed by atoms with E-state index in [0.29, 0.717) is 0 Å². The lowest BCUT2D eigenvalue weighted by atomic mass is 9.71. The topological polar surface area (TPSA) is 26.3 Å². The van der Waals surface area contributed by atoms with E-state index in [4.69, 9.17) is 4.74 Å². The molecule has 1 heterocycles. The fraction of sp³-hybridized carbons (Fsp3) is 0.533. The Morgan fingerprint density at radius 1 is 1.50 bits per heavy atom. The minimum absolute atomic E-state index is 0.181. The molecule has 2 nitrogen and oxygen atoms in total. The summed E-state index contributed by atoms with van der Waals surface area (Å²) < 4.78 is 7.22. The molecule has 96 valence electrons. The first-order valence-electron chi connectivity index (χ1n) is 6.40. The standard InChI is InChI=1S/C15H17BrO2/c1-9-6-13-11(7-12(9)16)14(3)5-4-10(2)15(14,8-17)18-13/h6-8,10H,4-5H2,1-3H3. The maximum Gasteiger partial charge on any atom is 0.176 e. The monoisotopic (exact) mass is 308 g/mol. The zero-order valence-corrected chi connectivity index (χ0v) is 12.5. The number of fused-ring (bicyclic) bond motifs is 3. The van der Waals surface area contributed by atoms with Crippen molar-refractivity contribution in [3.63, 3.8) is 0 Å². The number of halogens is 1. The van der Waals surface area contributed by atoms with E-state index >= 15 is 0 Å². The van der Waals surface area contributed by atoms with Crippen LogP contribution in [0.3, 0.4) is 0 Å². The maximum absolute atomic E-state index is 11.7. The van der Waals surface area contributed by atoms with E-state index in [-0.39, 0.29) is 11.3 Å². The Bertz CT molecular complexity index is 540. The van der Waals surface area contributed by atoms with Crippen LogP contribution in [0.4, 0.5) is 0 Å². The van der Waals surface area contributed by atoms with E-state index < -0.39 is 5.60 Å². The van der Waals surface area contributed by atoms with Crippen molar-refractivity contribution in [1.82, 2.24) is 0 Å². The number of benzene rings is 1. The van der Waals surface area contributed by atoms with Gasteiger partial charge < -0.3 is 4.74 Å². The first kappa shape index (κ1) is 12.2. The number of rotatable bonds is 1. The van der Waals surface area contributed by atoms with Gasteiger partial charge in [-0.25, -0.2) is 0 Å². The molecule has 18 heavy (non-hydrogen) atoms. The van der Waals surface area contributed by atoms with E-state index in [0.717, 1.165) is 34.9 Å². The van der Waals surface area contributed by atoms with Gasteiger partial charge in [0.25, 0.3) is 0 Å². The predicted molar refractivity (Wildman–Crippen MR) is 74.1 cm³/mol. The Balaban J connectivity index is 2.25. The Morgan fingerprint density at radius 2 is 2.22 bits per heavy atom. The van der Waals surface area contributed by atoms with Gasteiger partial charge in [0.2, 0.25) is 0 Å². The van der Waals surface area contributed by atoms with E-state index in [2.05, 4.69) is 35.8 Å². The van der Waals surface area contributed by atoms with Crippen LogP contribution in [0.5, 0.6) is 5.75 Å². The minimum atomic E-state index is -0.664. The first-order valence-corrected chi connectivity index (χ1v) is 7.20. The molecule has 3 unspecified atom stereocenters. The lowest BCUT2D eigenvalue weighted by Gasteiger charge is -2.34. The van der Waals surface area contributed by atoms with Crippen molar-refractivity contribution in [2.75, 3.05) is 0 Å². The number of carbonyl (C=O) groups excluding carboxylic acids is 1. The fourth-order valence-electron chi connectivity index (χ4n) is 3.64. The van der Waals surface area contributed by atoms with Crippen molar-refractivity contribution in [2.45, 2.75) is 44.6 Å². The molecule has 1 aliphatic carbocycles. The summed E-state index contributed by atoms with van der Waals surface area (Å²) in [5.41, 5.74) is 1.48. The average Bonchev–Trinajstić information content (AvgIpc) is 2.72. The van der Waals surface area contributed by atoms with E-state index in [9.17, 15) is 4.79 Å². The van der Waals surface area contributed by atoms with Crippen LogP contribution in [0, 0.1) is 12.8 Å². The molecule has 0 saturated heterocycles. The molecule has 1 aliphatic heterocycles. The second kappa shape index (κ2) is 3.60. The highest BCUT2D eigenvalue weighted by molar-refractivity contribution is 9.10. The van der Waals surface area contributed by atoms with Gasteiger partial charge in [-0.15, -0.1) is 0 Å². The summed E-state index contributed by atoms with van der Waals surface area (Å²) in [5.74, 6) is 1.16. The minimum Gasteiger partial charge on any atom is -0.478 e. The number of ether oxygens (including phenoxy) is 1. The summed E-state index contributed by atoms with van der Waals surface area (Å²) in [4.78, 5) is 11.7. The van der Waals surface area contributed by atoms with Gasteiger partial charge in [-0.2, -0.15) is 0 Å². The molecule has 0 N–H and O–H groups in total. The third-order valence-corrected chi connectivity index (χ3v) is 5.84. The van der Waals surface area contributed by atoms with Crippen LogP contribution in [-0.4, -0.2) is 11.9 Å². The van der Waals surface area contributed by atoms with Gasteiger partial charge in [-0.1, -0.05) is 29.8 Å². The number of aryl methyl sites for hydroxylation is 1. The smallest absolute Gasteiger partial charge is 0.176 e. The van der Waals surface area contributed by atoms with Crippen molar-refractivity contribution in [2.24, 2.45) is 5.92 Å². The Morgan fingerprint density at radius 3 is 2.89 bits per heavy atom. The molecule has 0 bridgehead atoms. The molecule has 3 rings (SSSR count). The summed E-state index contributed by atoms with van der Waals surface area (Å²) in [6.45, 7) is 6.33. The molecule has 3 atom stereocenters. The Labute approximate surface area is 116 Å². The van der Waals surface area contributed by atoms with Crippen LogP contribution in [0.25, 0.3) is 0 Å². The van der Waals surface area contributed by atoms with Crippen molar-refractivity contribution < 1.29 is 9.53 Å². The lowest BCUT2D eigenvalue weighted by molar-refractivity contribution is -0.126. The summed E-state index contributed by atoms with van der Waals surface area (Å²) in [7, 11) is 0. The molecule has 1 saturated carbocycles. The van der Waals surface area contributed by atoms with Gasteiger partial charge >= 0.3 is 0 Å². The van der Waals surface area contributed by atoms with Gasteiger partial charge in [0.15, 0.2) is 11.9 Å². The largest absolute Gasteiger partial charge is 0.478 e. The molecular formula is C15H17BrO2. The lowest BCUT2D eigenvalue weighted by Crippen LogP contribution is -2.50. The van der Waals surface area contributed by atoms with Gasteiger partial charge in [-0.3, -0.25) is 4.79 Å². The Kier molecular flexibility index (Phi) is 2.44. The summed E-state index contributed by atoms with van der Waals surface area (Å²) in [6.07, 6.45) is 3.09. The highest BCUT2D eigenvalue weighted by Gasteiger charge is 2.64. The summed E-state index contributed by atoms with van der Waals surface area (Å²) in [6, 6.07) is 4.18. The molecule has 0 radical (unpaired) electrons. The predicted octanol–water partition coefficient (Wildman–Crippen LogP) is 3.78. The number of hydrogen-bond acceptors (Lipinski definition) is 2. The quantitative estimate of drug-likeness (QED) is 0.738. The molecule has 1 aromatic rings. The number of carbonyl (C=O) groups is 1. The number of hydrogen-bond donors (Lipinski definition) is 0. The van der Waals surface area contributed by atoms with Crippen molar-refractivity contribution in [3.05, 3.63) is 27.7 Å². The summed E-state index contributed by atoms with van der Waals surface area (Å²) in [5, 5.41) is 0. The zero-order valence-electron chi connectivity index (χ0n) is 10.9. The van der Waals surface area contributed by atoms with Crippen LogP contribution >= 0.6 is 15.9 Å². The molecule has 0 spiro atoms. The third kappa shape index (κ3) is 1.21. The molecule has 0 amide bonds. The number of aldehydes is 1. The highest BCUT2D eigenvalue weighted by atomic mass is 79.9. The second-order valence-corrected chi connectivity index (χ2v) is 6.74. The molecule has 1 fully saturated rings. The Hall–Kier alpha value is -0.830. The maximum atomic E-state index is 11.7. The second-order valence-electron chi connectivity index (χ2n) is 5.88. The molecule has 3 heteroatoms. The van der Waals surface area contributed by atoms with Crippen molar-refractivity contribution in [1.29, 1.82) is 0 Å². The van der Waals surface area contributed by atoms with Crippen molar-refractivity contribution in [3.8, 4) is 5.75 Å². The van der Waals surface area contributed by atoms with Crippen LogP contribution in [0.2, 0.25) is 0 Å². The van der Waals surface area contributed by atoms with Crippen LogP contribution in [0.15, 0.2) is 16.6 Å². The average molecular weight is 309 g/mol. The molecule has 0 aromatic heterocycles. The molecular weight excluding hydrogens is 292 g/mol. The van der Waals surface area contributed by atoms with Gasteiger partial charge in [-0.05, 0) is 37.5 Å². The van der Waals surface area contributed by atoms with E-state index in [1.807, 2.05) is 13.0 Å². The molecule has 1 aromatic carbocycles. The van der Waals surface area contributed by atoms with Gasteiger partial charge in [0.1, 0.15) is 5.75 Å². The zero-order chi connectivity index (χ0) is 13.1. The SMILES string of the molecule is Cc1cc2c(cc1Br)C1(C)CCC(C)C1(C=O)O2. The van der Waals surface area contributed by atoms with Crippen LogP contribution < -0.4 is 4.74 Å². The summed E-state index contributed by atoms with van der Waals surface area (Å²) >= 11 is 3.58. The van der Waals surface area contributed by atoms with Gasteiger partial charge in [0, 0.05) is 21.4 Å². The van der Waals surface area contributed by atoms with Crippen LogP contribution in [-0.2, 0) is 10.2 Å². The van der Waals surface area contributed by atoms with Gasteiger partial charge in [0.05, 0.1) is 0 Å². The fourth-order valence-corrected chi connectivity index (χ4v) is 3.98. The first-order chi connectivity index (χ1) is 8.44. The van der Waals surface area contributed by atoms with Crippen LogP contribution in [0.1, 0.15) is 37.8 Å². The van der Waals surface area contributed by atoms with E-state index in [1.54, 1.807) is 0 Å². The highest BCUT2D eigenvalue weighted by Crippen LogP contribution is 2.59. The normalized spacial score (nSPS) is 37.0. The van der Waals surface area contributed by atoms with E-state index in [1.165, 1.54) is 5.56 Å².